The van der Waals surface area contributed by atoms with Crippen LogP contribution in [0.5, 0.6) is 0 Å². The maximum Gasteiger partial charge on any atom is 0.241 e. The van der Waals surface area contributed by atoms with E-state index < -0.39 is 11.5 Å². The number of benzene rings is 1. The molecular weight excluding hydrogens is 322 g/mol. The lowest BCUT2D eigenvalue weighted by atomic mass is 9.99. The lowest BCUT2D eigenvalue weighted by Gasteiger charge is -2.33. The predicted octanol–water partition coefficient (Wildman–Crippen LogP) is -0.0955. The van der Waals surface area contributed by atoms with Gasteiger partial charge in [-0.05, 0) is 24.5 Å². The molecule has 1 aromatic carbocycles. The van der Waals surface area contributed by atoms with Gasteiger partial charge in [0.1, 0.15) is 5.60 Å². The number of nitrogens with zero attached hydrogens (tertiary/aromatic N) is 2. The minimum absolute atomic E-state index is 0.00419. The number of primary amides is 1. The second-order valence-corrected chi connectivity index (χ2v) is 6.91. The van der Waals surface area contributed by atoms with Gasteiger partial charge in [0.05, 0.1) is 26.2 Å². The van der Waals surface area contributed by atoms with Crippen LogP contribution in [0, 0.1) is 0 Å². The van der Waals surface area contributed by atoms with E-state index in [9.17, 15) is 14.7 Å². The standard InChI is InChI=1S/C18H25N3O4/c19-16(22)10-18(24)12-20(8-9-25-13-18)11-17(23)21-7-3-5-14-4-1-2-6-15(14)21/h1-2,4,6,24H,3,5,7-13H2,(H2,19,22)/t18-/m1/s1. The van der Waals surface area contributed by atoms with Gasteiger partial charge in [-0.25, -0.2) is 0 Å². The molecule has 3 N–H and O–H groups in total. The summed E-state index contributed by atoms with van der Waals surface area (Å²) in [6.07, 6.45) is 1.75. The summed E-state index contributed by atoms with van der Waals surface area (Å²) in [5.74, 6) is -0.584. The number of ether oxygens (including phenoxy) is 1. The third-order valence-electron chi connectivity index (χ3n) is 4.71. The highest BCUT2D eigenvalue weighted by Crippen LogP contribution is 2.27. The number of carbonyl (C=O) groups excluding carboxylic acids is 2. The van der Waals surface area contributed by atoms with Crippen molar-refractivity contribution < 1.29 is 19.4 Å². The third-order valence-corrected chi connectivity index (χ3v) is 4.71. The quantitative estimate of drug-likeness (QED) is 0.793. The molecule has 2 amide bonds. The van der Waals surface area contributed by atoms with Gasteiger partial charge >= 0.3 is 0 Å². The zero-order valence-corrected chi connectivity index (χ0v) is 14.3. The van der Waals surface area contributed by atoms with Gasteiger partial charge in [-0.2, -0.15) is 0 Å². The van der Waals surface area contributed by atoms with Crippen LogP contribution in [0.4, 0.5) is 5.69 Å². The fourth-order valence-electron chi connectivity index (χ4n) is 3.63. The molecule has 1 fully saturated rings. The smallest absolute Gasteiger partial charge is 0.241 e. The van der Waals surface area contributed by atoms with E-state index in [1.165, 1.54) is 5.56 Å². The predicted molar refractivity (Wildman–Crippen MR) is 93.1 cm³/mol. The molecule has 2 aliphatic heterocycles. The first kappa shape index (κ1) is 17.8. The molecule has 0 unspecified atom stereocenters. The number of carbonyl (C=O) groups is 2. The zero-order valence-electron chi connectivity index (χ0n) is 14.3. The number of hydrogen-bond donors (Lipinski definition) is 2. The Hall–Kier alpha value is -1.96. The van der Waals surface area contributed by atoms with Gasteiger partial charge in [-0.15, -0.1) is 0 Å². The molecule has 0 aromatic heterocycles. The molecule has 2 heterocycles. The van der Waals surface area contributed by atoms with Gasteiger partial charge in [0.2, 0.25) is 11.8 Å². The zero-order chi connectivity index (χ0) is 17.9. The van der Waals surface area contributed by atoms with Crippen molar-refractivity contribution >= 4 is 17.5 Å². The summed E-state index contributed by atoms with van der Waals surface area (Å²) in [6, 6.07) is 7.96. The second kappa shape index (κ2) is 7.51. The number of amides is 2. The molecule has 25 heavy (non-hydrogen) atoms. The van der Waals surface area contributed by atoms with E-state index in [4.69, 9.17) is 10.5 Å². The highest BCUT2D eigenvalue weighted by atomic mass is 16.5. The first-order chi connectivity index (χ1) is 12.0. The molecule has 0 radical (unpaired) electrons. The minimum atomic E-state index is -1.34. The number of hydrogen-bond acceptors (Lipinski definition) is 5. The molecule has 3 rings (SSSR count). The van der Waals surface area contributed by atoms with E-state index in [1.54, 1.807) is 0 Å². The molecule has 0 bridgehead atoms. The molecular formula is C18H25N3O4. The van der Waals surface area contributed by atoms with Gasteiger partial charge in [0.15, 0.2) is 0 Å². The van der Waals surface area contributed by atoms with Crippen LogP contribution in [0.25, 0.3) is 0 Å². The van der Waals surface area contributed by atoms with E-state index in [2.05, 4.69) is 6.07 Å². The summed E-state index contributed by atoms with van der Waals surface area (Å²) in [7, 11) is 0. The number of aryl methyl sites for hydroxylation is 1. The van der Waals surface area contributed by atoms with Gasteiger partial charge in [0.25, 0.3) is 0 Å². The molecule has 7 heteroatoms. The molecule has 0 spiro atoms. The Morgan fingerprint density at radius 3 is 2.88 bits per heavy atom. The molecule has 2 aliphatic rings. The molecule has 1 aromatic rings. The van der Waals surface area contributed by atoms with E-state index in [0.29, 0.717) is 19.7 Å². The van der Waals surface area contributed by atoms with Crippen molar-refractivity contribution in [3.63, 3.8) is 0 Å². The van der Waals surface area contributed by atoms with Crippen LogP contribution in [-0.2, 0) is 20.7 Å². The third kappa shape index (κ3) is 4.36. The van der Waals surface area contributed by atoms with Gasteiger partial charge < -0.3 is 20.5 Å². The highest BCUT2D eigenvalue weighted by molar-refractivity contribution is 5.96. The summed E-state index contributed by atoms with van der Waals surface area (Å²) >= 11 is 0. The van der Waals surface area contributed by atoms with Crippen LogP contribution >= 0.6 is 0 Å². The van der Waals surface area contributed by atoms with Crippen molar-refractivity contribution in [3.05, 3.63) is 29.8 Å². The molecule has 1 atom stereocenters. The Labute approximate surface area is 147 Å². The van der Waals surface area contributed by atoms with Crippen LogP contribution in [0.1, 0.15) is 18.4 Å². The summed E-state index contributed by atoms with van der Waals surface area (Å²) in [5.41, 5.74) is 6.04. The number of para-hydroxylation sites is 1. The van der Waals surface area contributed by atoms with Crippen LogP contribution in [0.3, 0.4) is 0 Å². The van der Waals surface area contributed by atoms with Crippen LogP contribution < -0.4 is 10.6 Å². The van der Waals surface area contributed by atoms with Crippen LogP contribution in [0.15, 0.2) is 24.3 Å². The Morgan fingerprint density at radius 1 is 1.28 bits per heavy atom. The average molecular weight is 347 g/mol. The van der Waals surface area contributed by atoms with Gasteiger partial charge in [-0.1, -0.05) is 18.2 Å². The Kier molecular flexibility index (Phi) is 5.36. The Balaban J connectivity index is 1.69. The molecule has 1 saturated heterocycles. The monoisotopic (exact) mass is 347 g/mol. The average Bonchev–Trinajstić information content (AvgIpc) is 2.74. The van der Waals surface area contributed by atoms with Crippen molar-refractivity contribution in [3.8, 4) is 0 Å². The lowest BCUT2D eigenvalue weighted by molar-refractivity contribution is -0.126. The molecule has 0 saturated carbocycles. The van der Waals surface area contributed by atoms with Gasteiger partial charge in [-0.3, -0.25) is 14.5 Å². The summed E-state index contributed by atoms with van der Waals surface area (Å²) in [6.45, 7) is 2.06. The van der Waals surface area contributed by atoms with Crippen LogP contribution in [0.2, 0.25) is 0 Å². The normalized spacial score (nSPS) is 24.4. The summed E-state index contributed by atoms with van der Waals surface area (Å²) in [5, 5.41) is 10.6. The van der Waals surface area contributed by atoms with E-state index in [-0.39, 0.29) is 32.0 Å². The van der Waals surface area contributed by atoms with E-state index >= 15 is 0 Å². The molecule has 0 aliphatic carbocycles. The van der Waals surface area contributed by atoms with Crippen molar-refractivity contribution in [2.24, 2.45) is 5.73 Å². The van der Waals surface area contributed by atoms with Crippen molar-refractivity contribution in [2.45, 2.75) is 24.9 Å². The fourth-order valence-corrected chi connectivity index (χ4v) is 3.63. The van der Waals surface area contributed by atoms with E-state index in [0.717, 1.165) is 18.5 Å². The minimum Gasteiger partial charge on any atom is -0.386 e. The topological polar surface area (TPSA) is 96.1 Å². The highest BCUT2D eigenvalue weighted by Gasteiger charge is 2.35. The maximum atomic E-state index is 12.8. The number of β-amino-alcohol motifs (C(OH)–C–C–N with tert-alkyl or cyclic N) is 1. The second-order valence-electron chi connectivity index (χ2n) is 6.91. The number of anilines is 1. The molecule has 7 nitrogen and oxygen atoms in total. The summed E-state index contributed by atoms with van der Waals surface area (Å²) in [4.78, 5) is 27.7. The number of fused-ring (bicyclic) bond motifs is 1. The largest absolute Gasteiger partial charge is 0.386 e. The van der Waals surface area contributed by atoms with Gasteiger partial charge in [0, 0.05) is 25.3 Å². The van der Waals surface area contributed by atoms with Crippen molar-refractivity contribution in [1.82, 2.24) is 4.90 Å². The Morgan fingerprint density at radius 2 is 2.08 bits per heavy atom. The number of rotatable bonds is 4. The maximum absolute atomic E-state index is 12.8. The Bertz CT molecular complexity index is 651. The SMILES string of the molecule is NC(=O)C[C@]1(O)COCCN(CC(=O)N2CCCc3ccccc32)C1. The fraction of sp³-hybridized carbons (Fsp3) is 0.556. The molecule has 136 valence electrons. The van der Waals surface area contributed by atoms with Crippen molar-refractivity contribution in [1.29, 1.82) is 0 Å². The van der Waals surface area contributed by atoms with Crippen LogP contribution in [-0.4, -0.2) is 66.8 Å². The number of aliphatic hydroxyl groups is 1. The first-order valence-corrected chi connectivity index (χ1v) is 8.66. The lowest BCUT2D eigenvalue weighted by Crippen LogP contribution is -2.50. The first-order valence-electron chi connectivity index (χ1n) is 8.66. The summed E-state index contributed by atoms with van der Waals surface area (Å²) < 4.78 is 5.40. The van der Waals surface area contributed by atoms with E-state index in [1.807, 2.05) is 28.0 Å². The van der Waals surface area contributed by atoms with Crippen molar-refractivity contribution in [2.75, 3.05) is 44.3 Å². The number of nitrogens with two attached hydrogens (primary N) is 1.